The van der Waals surface area contributed by atoms with Gasteiger partial charge in [0.15, 0.2) is 0 Å². The lowest BCUT2D eigenvalue weighted by atomic mass is 9.95. The minimum Gasteiger partial charge on any atom is -0.455 e. The topological polar surface area (TPSA) is 26.3 Å². The third-order valence-corrected chi connectivity index (χ3v) is 7.55. The summed E-state index contributed by atoms with van der Waals surface area (Å²) >= 11 is 3.76. The Kier molecular flexibility index (Phi) is 3.30. The Bertz CT molecular complexity index is 2090. The molecule has 0 aliphatic carbocycles. The third-order valence-electron chi connectivity index (χ3n) is 6.89. The van der Waals surface area contributed by atoms with E-state index in [4.69, 9.17) is 8.83 Å². The number of benzene rings is 6. The van der Waals surface area contributed by atoms with Crippen molar-refractivity contribution in [2.75, 3.05) is 0 Å². The Morgan fingerprint density at radius 3 is 1.73 bits per heavy atom. The standard InChI is InChI=1S/C30H15BrO2/c31-22-15-24-26(19-10-4-3-9-18(19)22)28-27-25-17-8-2-1-7-16(17)13-14-23(25)32-29(27)20-11-5-6-12-21(20)30(28)33-24/h1-15H. The molecule has 0 spiro atoms. The average molecular weight is 487 g/mol. The van der Waals surface area contributed by atoms with Crippen molar-refractivity contribution in [1.82, 2.24) is 0 Å². The van der Waals surface area contributed by atoms with Gasteiger partial charge in [0, 0.05) is 36.8 Å². The summed E-state index contributed by atoms with van der Waals surface area (Å²) in [5.74, 6) is 0. The highest BCUT2D eigenvalue weighted by Crippen LogP contribution is 2.48. The predicted octanol–water partition coefficient (Wildman–Crippen LogP) is 9.71. The molecule has 0 saturated carbocycles. The van der Waals surface area contributed by atoms with Gasteiger partial charge in [-0.05, 0) is 33.7 Å². The van der Waals surface area contributed by atoms with Crippen molar-refractivity contribution in [2.24, 2.45) is 0 Å². The van der Waals surface area contributed by atoms with Crippen LogP contribution in [0.3, 0.4) is 0 Å². The van der Waals surface area contributed by atoms with Crippen LogP contribution in [0.5, 0.6) is 0 Å². The van der Waals surface area contributed by atoms with Crippen molar-refractivity contribution in [3.63, 3.8) is 0 Å². The van der Waals surface area contributed by atoms with Gasteiger partial charge < -0.3 is 8.83 Å². The fourth-order valence-corrected chi connectivity index (χ4v) is 6.08. The molecule has 8 aromatic rings. The van der Waals surface area contributed by atoms with Crippen molar-refractivity contribution in [2.45, 2.75) is 0 Å². The number of furan rings is 2. The number of rotatable bonds is 0. The summed E-state index contributed by atoms with van der Waals surface area (Å²) in [5.41, 5.74) is 3.60. The van der Waals surface area contributed by atoms with Gasteiger partial charge in [-0.25, -0.2) is 0 Å². The number of hydrogen-bond acceptors (Lipinski definition) is 2. The highest BCUT2D eigenvalue weighted by atomic mass is 79.9. The van der Waals surface area contributed by atoms with Gasteiger partial charge in [-0.2, -0.15) is 0 Å². The largest absolute Gasteiger partial charge is 0.455 e. The zero-order valence-electron chi connectivity index (χ0n) is 17.4. The lowest BCUT2D eigenvalue weighted by Gasteiger charge is -2.04. The van der Waals surface area contributed by atoms with Crippen LogP contribution >= 0.6 is 15.9 Å². The molecule has 0 amide bonds. The van der Waals surface area contributed by atoms with Crippen LogP contribution in [0.15, 0.2) is 104 Å². The Balaban J connectivity index is 1.81. The smallest absolute Gasteiger partial charge is 0.144 e. The summed E-state index contributed by atoms with van der Waals surface area (Å²) in [6.45, 7) is 0. The van der Waals surface area contributed by atoms with E-state index >= 15 is 0 Å². The molecule has 0 bridgehead atoms. The van der Waals surface area contributed by atoms with Gasteiger partial charge in [0.25, 0.3) is 0 Å². The molecule has 2 nitrogen and oxygen atoms in total. The average Bonchev–Trinajstić information content (AvgIpc) is 3.43. The van der Waals surface area contributed by atoms with E-state index in [9.17, 15) is 0 Å². The molecule has 0 N–H and O–H groups in total. The van der Waals surface area contributed by atoms with Crippen LogP contribution in [0, 0.1) is 0 Å². The fraction of sp³-hybridized carbons (Fsp3) is 0. The van der Waals surface area contributed by atoms with Crippen LogP contribution in [0.1, 0.15) is 0 Å². The summed E-state index contributed by atoms with van der Waals surface area (Å²) in [4.78, 5) is 0. The maximum atomic E-state index is 6.62. The van der Waals surface area contributed by atoms with E-state index in [1.165, 1.54) is 21.5 Å². The zero-order valence-corrected chi connectivity index (χ0v) is 18.9. The minimum atomic E-state index is 0.878. The molecule has 3 heteroatoms. The summed E-state index contributed by atoms with van der Waals surface area (Å²) in [6, 6.07) is 31.7. The molecule has 0 aliphatic rings. The van der Waals surface area contributed by atoms with Crippen molar-refractivity contribution >= 4 is 92.1 Å². The summed E-state index contributed by atoms with van der Waals surface area (Å²) in [7, 11) is 0. The van der Waals surface area contributed by atoms with Crippen LogP contribution < -0.4 is 0 Å². The monoisotopic (exact) mass is 486 g/mol. The fourth-order valence-electron chi connectivity index (χ4n) is 5.52. The summed E-state index contributed by atoms with van der Waals surface area (Å²) in [5, 5.41) is 11.4. The Labute approximate surface area is 196 Å². The molecule has 6 aromatic carbocycles. The van der Waals surface area contributed by atoms with Gasteiger partial charge in [0.1, 0.15) is 22.3 Å². The highest BCUT2D eigenvalue weighted by Gasteiger charge is 2.23. The highest BCUT2D eigenvalue weighted by molar-refractivity contribution is 9.10. The molecule has 0 aliphatic heterocycles. The first kappa shape index (κ1) is 17.7. The second kappa shape index (κ2) is 6.15. The van der Waals surface area contributed by atoms with E-state index in [0.717, 1.165) is 59.1 Å². The lowest BCUT2D eigenvalue weighted by Crippen LogP contribution is -1.80. The molecule has 0 unspecified atom stereocenters. The third kappa shape index (κ3) is 2.18. The molecule has 0 atom stereocenters. The molecule has 154 valence electrons. The van der Waals surface area contributed by atoms with E-state index < -0.39 is 0 Å². The van der Waals surface area contributed by atoms with E-state index in [-0.39, 0.29) is 0 Å². The molecule has 0 saturated heterocycles. The van der Waals surface area contributed by atoms with Gasteiger partial charge >= 0.3 is 0 Å². The molecule has 2 heterocycles. The summed E-state index contributed by atoms with van der Waals surface area (Å²) in [6.07, 6.45) is 0. The maximum absolute atomic E-state index is 6.62. The van der Waals surface area contributed by atoms with E-state index in [1.807, 2.05) is 0 Å². The Morgan fingerprint density at radius 1 is 0.455 bits per heavy atom. The normalized spacial score (nSPS) is 12.4. The Hall–Kier alpha value is -3.82. The number of hydrogen-bond donors (Lipinski definition) is 0. The van der Waals surface area contributed by atoms with E-state index in [0.29, 0.717) is 0 Å². The first-order valence-electron chi connectivity index (χ1n) is 11.0. The van der Waals surface area contributed by atoms with Crippen LogP contribution in [-0.2, 0) is 0 Å². The quantitative estimate of drug-likeness (QED) is 0.213. The van der Waals surface area contributed by atoms with Crippen LogP contribution in [0.2, 0.25) is 0 Å². The number of halogens is 1. The van der Waals surface area contributed by atoms with Crippen LogP contribution in [-0.4, -0.2) is 0 Å². The lowest BCUT2D eigenvalue weighted by molar-refractivity contribution is 0.668. The zero-order chi connectivity index (χ0) is 21.7. The minimum absolute atomic E-state index is 0.878. The van der Waals surface area contributed by atoms with Gasteiger partial charge in [-0.3, -0.25) is 0 Å². The van der Waals surface area contributed by atoms with Crippen molar-refractivity contribution in [3.8, 4) is 0 Å². The molecular formula is C30H15BrO2. The summed E-state index contributed by atoms with van der Waals surface area (Å²) < 4.78 is 14.2. The van der Waals surface area contributed by atoms with Crippen LogP contribution in [0.4, 0.5) is 0 Å². The SMILES string of the molecule is Brc1cc2oc3c4ccccc4c4oc5ccc6ccccc6c5c4c3c2c2ccccc12. The number of fused-ring (bicyclic) bond motifs is 14. The first-order chi connectivity index (χ1) is 16.3. The van der Waals surface area contributed by atoms with E-state index in [2.05, 4.69) is 107 Å². The second-order valence-electron chi connectivity index (χ2n) is 8.59. The predicted molar refractivity (Wildman–Crippen MR) is 141 cm³/mol. The maximum Gasteiger partial charge on any atom is 0.144 e. The van der Waals surface area contributed by atoms with Gasteiger partial charge in [0.2, 0.25) is 0 Å². The van der Waals surface area contributed by atoms with Crippen LogP contribution in [0.25, 0.3) is 76.2 Å². The Morgan fingerprint density at radius 2 is 1.00 bits per heavy atom. The van der Waals surface area contributed by atoms with Crippen molar-refractivity contribution in [1.29, 1.82) is 0 Å². The van der Waals surface area contributed by atoms with Crippen molar-refractivity contribution in [3.05, 3.63) is 95.5 Å². The first-order valence-corrected chi connectivity index (χ1v) is 11.8. The second-order valence-corrected chi connectivity index (χ2v) is 9.45. The van der Waals surface area contributed by atoms with Crippen molar-refractivity contribution < 1.29 is 8.83 Å². The van der Waals surface area contributed by atoms with E-state index in [1.54, 1.807) is 0 Å². The van der Waals surface area contributed by atoms with Gasteiger partial charge in [0.05, 0.1) is 0 Å². The molecule has 2 aromatic heterocycles. The van der Waals surface area contributed by atoms with Gasteiger partial charge in [-0.15, -0.1) is 0 Å². The molecule has 8 rings (SSSR count). The van der Waals surface area contributed by atoms with Gasteiger partial charge in [-0.1, -0.05) is 94.8 Å². The molecule has 0 radical (unpaired) electrons. The molecule has 0 fully saturated rings. The molecule has 33 heavy (non-hydrogen) atoms. The molecular weight excluding hydrogens is 472 g/mol.